The summed E-state index contributed by atoms with van der Waals surface area (Å²) in [7, 11) is -3.77. The van der Waals surface area contributed by atoms with Crippen molar-refractivity contribution in [1.29, 1.82) is 5.26 Å². The summed E-state index contributed by atoms with van der Waals surface area (Å²) in [5, 5.41) is 9.00. The van der Waals surface area contributed by atoms with Gasteiger partial charge in [0.25, 0.3) is 0 Å². The molecule has 6 heteroatoms. The van der Waals surface area contributed by atoms with Crippen molar-refractivity contribution in [2.75, 3.05) is 6.54 Å². The average Bonchev–Trinajstić information content (AvgIpc) is 2.38. The van der Waals surface area contributed by atoms with Crippen LogP contribution >= 0.6 is 0 Å². The Morgan fingerprint density at radius 1 is 1.39 bits per heavy atom. The molecule has 1 aromatic carbocycles. The lowest BCUT2D eigenvalue weighted by Crippen LogP contribution is -2.42. The van der Waals surface area contributed by atoms with Crippen molar-refractivity contribution in [2.45, 2.75) is 30.2 Å². The second-order valence-corrected chi connectivity index (χ2v) is 6.10. The van der Waals surface area contributed by atoms with Gasteiger partial charge in [-0.25, -0.2) is 12.8 Å². The highest BCUT2D eigenvalue weighted by Crippen LogP contribution is 2.25. The molecular formula is C12H13FN2O2S. The molecule has 1 atom stereocenters. The lowest BCUT2D eigenvalue weighted by atomic mass is 10.1. The zero-order valence-electron chi connectivity index (χ0n) is 9.71. The minimum Gasteiger partial charge on any atom is -0.207 e. The predicted octanol–water partition coefficient (Wildman–Crippen LogP) is 1.89. The summed E-state index contributed by atoms with van der Waals surface area (Å²) in [6.45, 7) is 0.317. The lowest BCUT2D eigenvalue weighted by Gasteiger charge is -2.30. The maximum atomic E-state index is 13.1. The Labute approximate surface area is 106 Å². The van der Waals surface area contributed by atoms with Gasteiger partial charge in [0.1, 0.15) is 11.9 Å². The number of nitrogens with zero attached hydrogens (tertiary/aromatic N) is 2. The molecule has 0 aliphatic carbocycles. The van der Waals surface area contributed by atoms with Gasteiger partial charge in [0.15, 0.2) is 0 Å². The highest BCUT2D eigenvalue weighted by Gasteiger charge is 2.33. The third-order valence-electron chi connectivity index (χ3n) is 3.01. The molecule has 0 saturated carbocycles. The average molecular weight is 268 g/mol. The number of rotatable bonds is 2. The Bertz CT molecular complexity index is 580. The SMILES string of the molecule is N#CC1CCCCN1S(=O)(=O)c1cccc(F)c1. The van der Waals surface area contributed by atoms with E-state index < -0.39 is 21.9 Å². The third-order valence-corrected chi connectivity index (χ3v) is 4.91. The van der Waals surface area contributed by atoms with Crippen LogP contribution in [0, 0.1) is 17.1 Å². The molecule has 1 aromatic rings. The molecule has 0 spiro atoms. The van der Waals surface area contributed by atoms with Crippen molar-refractivity contribution in [3.8, 4) is 6.07 Å². The fourth-order valence-electron chi connectivity index (χ4n) is 2.08. The molecule has 1 fully saturated rings. The predicted molar refractivity (Wildman–Crippen MR) is 63.5 cm³/mol. The molecule has 1 saturated heterocycles. The minimum absolute atomic E-state index is 0.0929. The Morgan fingerprint density at radius 3 is 2.83 bits per heavy atom. The number of hydrogen-bond acceptors (Lipinski definition) is 3. The van der Waals surface area contributed by atoms with Crippen LogP contribution in [0.25, 0.3) is 0 Å². The summed E-state index contributed by atoms with van der Waals surface area (Å²) < 4.78 is 38.9. The van der Waals surface area contributed by atoms with Crippen LogP contribution in [0.1, 0.15) is 19.3 Å². The van der Waals surface area contributed by atoms with E-state index in [-0.39, 0.29) is 4.90 Å². The molecule has 0 N–H and O–H groups in total. The van der Waals surface area contributed by atoms with Gasteiger partial charge >= 0.3 is 0 Å². The largest absolute Gasteiger partial charge is 0.244 e. The number of hydrogen-bond donors (Lipinski definition) is 0. The van der Waals surface area contributed by atoms with E-state index in [0.29, 0.717) is 13.0 Å². The van der Waals surface area contributed by atoms with E-state index in [4.69, 9.17) is 5.26 Å². The maximum Gasteiger partial charge on any atom is 0.244 e. The van der Waals surface area contributed by atoms with Gasteiger partial charge in [-0.2, -0.15) is 9.57 Å². The normalized spacial score (nSPS) is 21.4. The summed E-state index contributed by atoms with van der Waals surface area (Å²) >= 11 is 0. The Hall–Kier alpha value is -1.45. The fourth-order valence-corrected chi connectivity index (χ4v) is 3.72. The summed E-state index contributed by atoms with van der Waals surface area (Å²) in [5.74, 6) is -0.596. The fraction of sp³-hybridized carbons (Fsp3) is 0.417. The molecule has 96 valence electrons. The minimum atomic E-state index is -3.77. The molecule has 0 aromatic heterocycles. The molecule has 2 rings (SSSR count). The molecule has 1 heterocycles. The van der Waals surface area contributed by atoms with Crippen LogP contribution in [0.15, 0.2) is 29.2 Å². The van der Waals surface area contributed by atoms with E-state index in [1.165, 1.54) is 22.5 Å². The Kier molecular flexibility index (Phi) is 3.64. The van der Waals surface area contributed by atoms with Crippen LogP contribution in [0.4, 0.5) is 4.39 Å². The van der Waals surface area contributed by atoms with E-state index in [0.717, 1.165) is 18.9 Å². The number of benzene rings is 1. The first-order valence-electron chi connectivity index (χ1n) is 5.73. The van der Waals surface area contributed by atoms with Crippen molar-refractivity contribution in [3.63, 3.8) is 0 Å². The van der Waals surface area contributed by atoms with E-state index in [1.54, 1.807) is 0 Å². The number of sulfonamides is 1. The highest BCUT2D eigenvalue weighted by atomic mass is 32.2. The Morgan fingerprint density at radius 2 is 2.17 bits per heavy atom. The topological polar surface area (TPSA) is 61.2 Å². The molecule has 0 bridgehead atoms. The van der Waals surface area contributed by atoms with Gasteiger partial charge in [-0.05, 0) is 37.5 Å². The summed E-state index contributed by atoms with van der Waals surface area (Å²) in [4.78, 5) is -0.0929. The van der Waals surface area contributed by atoms with E-state index >= 15 is 0 Å². The zero-order chi connectivity index (χ0) is 13.2. The zero-order valence-corrected chi connectivity index (χ0v) is 10.5. The van der Waals surface area contributed by atoms with Crippen LogP contribution in [0.5, 0.6) is 0 Å². The number of piperidine rings is 1. The maximum absolute atomic E-state index is 13.1. The molecule has 1 aliphatic rings. The second kappa shape index (κ2) is 5.04. The van der Waals surface area contributed by atoms with Gasteiger partial charge in [0.2, 0.25) is 10.0 Å². The van der Waals surface area contributed by atoms with Gasteiger partial charge < -0.3 is 0 Å². The molecule has 4 nitrogen and oxygen atoms in total. The molecular weight excluding hydrogens is 255 g/mol. The highest BCUT2D eigenvalue weighted by molar-refractivity contribution is 7.89. The third kappa shape index (κ3) is 2.37. The standard InChI is InChI=1S/C12H13FN2O2S/c13-10-4-3-6-12(8-10)18(16,17)15-7-2-1-5-11(15)9-14/h3-4,6,8,11H,1-2,5,7H2. The smallest absolute Gasteiger partial charge is 0.207 e. The molecule has 0 radical (unpaired) electrons. The summed E-state index contributed by atoms with van der Waals surface area (Å²) in [6.07, 6.45) is 2.10. The van der Waals surface area contributed by atoms with Gasteiger partial charge in [-0.1, -0.05) is 6.07 Å². The number of nitriles is 1. The molecule has 1 unspecified atom stereocenters. The first-order chi connectivity index (χ1) is 8.55. The van der Waals surface area contributed by atoms with Gasteiger partial charge in [0, 0.05) is 6.54 Å². The molecule has 0 amide bonds. The second-order valence-electron chi connectivity index (χ2n) is 4.21. The van der Waals surface area contributed by atoms with Crippen molar-refractivity contribution < 1.29 is 12.8 Å². The van der Waals surface area contributed by atoms with Crippen LogP contribution < -0.4 is 0 Å². The van der Waals surface area contributed by atoms with Gasteiger partial charge in [0.05, 0.1) is 11.0 Å². The van der Waals surface area contributed by atoms with E-state index in [2.05, 4.69) is 0 Å². The first-order valence-corrected chi connectivity index (χ1v) is 7.17. The van der Waals surface area contributed by atoms with Crippen LogP contribution in [0.3, 0.4) is 0 Å². The molecule has 1 aliphatic heterocycles. The van der Waals surface area contributed by atoms with Gasteiger partial charge in [-0.3, -0.25) is 0 Å². The van der Waals surface area contributed by atoms with Crippen molar-refractivity contribution in [2.24, 2.45) is 0 Å². The van der Waals surface area contributed by atoms with Gasteiger partial charge in [-0.15, -0.1) is 0 Å². The van der Waals surface area contributed by atoms with Crippen LogP contribution in [-0.4, -0.2) is 25.3 Å². The summed E-state index contributed by atoms with van der Waals surface area (Å²) in [5.41, 5.74) is 0. The van der Waals surface area contributed by atoms with Crippen LogP contribution in [0.2, 0.25) is 0 Å². The van der Waals surface area contributed by atoms with Crippen molar-refractivity contribution >= 4 is 10.0 Å². The summed E-state index contributed by atoms with van der Waals surface area (Å²) in [6, 6.07) is 6.23. The quantitative estimate of drug-likeness (QED) is 0.823. The first kappa shape index (κ1) is 13.0. The van der Waals surface area contributed by atoms with Crippen molar-refractivity contribution in [1.82, 2.24) is 4.31 Å². The monoisotopic (exact) mass is 268 g/mol. The molecule has 18 heavy (non-hydrogen) atoms. The van der Waals surface area contributed by atoms with E-state index in [9.17, 15) is 12.8 Å². The van der Waals surface area contributed by atoms with Crippen molar-refractivity contribution in [3.05, 3.63) is 30.1 Å². The lowest BCUT2D eigenvalue weighted by molar-refractivity contribution is 0.297. The van der Waals surface area contributed by atoms with E-state index in [1.807, 2.05) is 6.07 Å². The Balaban J connectivity index is 2.39. The number of halogens is 1. The van der Waals surface area contributed by atoms with Crippen LogP contribution in [-0.2, 0) is 10.0 Å².